The van der Waals surface area contributed by atoms with Crippen molar-refractivity contribution in [3.05, 3.63) is 29.8 Å². The normalized spacial score (nSPS) is 9.77. The summed E-state index contributed by atoms with van der Waals surface area (Å²) in [4.78, 5) is 0. The van der Waals surface area contributed by atoms with E-state index in [1.165, 1.54) is 12.1 Å². The Kier molecular flexibility index (Phi) is 6.94. The average molecular weight is 214 g/mol. The first-order valence-corrected chi connectivity index (χ1v) is 2.93. The molecule has 1 aromatic rings. The van der Waals surface area contributed by atoms with Crippen LogP contribution in [0.5, 0.6) is 0 Å². The lowest BCUT2D eigenvalue weighted by Crippen LogP contribution is -2.08. The largest absolute Gasteiger partial charge is 0.416 e. The van der Waals surface area contributed by atoms with Crippen LogP contribution < -0.4 is 5.46 Å². The third-order valence-electron chi connectivity index (χ3n) is 1.24. The number of rotatable bonds is 0. The van der Waals surface area contributed by atoms with Gasteiger partial charge in [-0.15, -0.1) is 0 Å². The average Bonchev–Trinajstić information content (AvgIpc) is 1.86. The van der Waals surface area contributed by atoms with Crippen LogP contribution in [0.4, 0.5) is 13.2 Å². The lowest BCUT2D eigenvalue weighted by Gasteiger charge is -2.05. The first-order valence-electron chi connectivity index (χ1n) is 2.93. The van der Waals surface area contributed by atoms with Gasteiger partial charge in [-0.1, -0.05) is 29.7 Å². The van der Waals surface area contributed by atoms with Crippen LogP contribution in [0.3, 0.4) is 0 Å². The highest BCUT2D eigenvalue weighted by molar-refractivity contribution is 6.32. The standard InChI is InChI=1S/C7H4BF3.2Al.4H/c8-6-3-1-5(2-4-6)7(9,10)11;;;;;;/h1-4H;;;;;;. The van der Waals surface area contributed by atoms with Crippen LogP contribution in [-0.2, 0) is 6.18 Å². The Morgan fingerprint density at radius 2 is 1.31 bits per heavy atom. The summed E-state index contributed by atoms with van der Waals surface area (Å²) in [6.07, 6.45) is -4.27. The van der Waals surface area contributed by atoms with E-state index in [1.807, 2.05) is 0 Å². The first-order chi connectivity index (χ1) is 5.00. The zero-order chi connectivity index (χ0) is 8.48. The van der Waals surface area contributed by atoms with Gasteiger partial charge >= 0.3 is 6.18 Å². The second kappa shape index (κ2) is 5.78. The topological polar surface area (TPSA) is 0 Å². The molecule has 0 nitrogen and oxygen atoms in total. The molecule has 1 aromatic carbocycles. The quantitative estimate of drug-likeness (QED) is 0.518. The zero-order valence-corrected chi connectivity index (χ0v) is 11.5. The molecule has 0 aliphatic heterocycles. The molecule has 0 heterocycles. The van der Waals surface area contributed by atoms with Gasteiger partial charge in [0.15, 0.2) is 0 Å². The highest BCUT2D eigenvalue weighted by Crippen LogP contribution is 2.27. The van der Waals surface area contributed by atoms with Crippen molar-refractivity contribution in [3.8, 4) is 0 Å². The molecule has 66 valence electrons. The van der Waals surface area contributed by atoms with E-state index in [9.17, 15) is 13.2 Å². The Morgan fingerprint density at radius 3 is 1.62 bits per heavy atom. The van der Waals surface area contributed by atoms with Crippen molar-refractivity contribution in [2.45, 2.75) is 6.18 Å². The molecule has 0 fully saturated rings. The van der Waals surface area contributed by atoms with Crippen molar-refractivity contribution in [1.82, 2.24) is 0 Å². The molecule has 0 spiro atoms. The van der Waals surface area contributed by atoms with Gasteiger partial charge in [-0.25, -0.2) is 0 Å². The third-order valence-corrected chi connectivity index (χ3v) is 1.24. The highest BCUT2D eigenvalue weighted by Gasteiger charge is 2.29. The van der Waals surface area contributed by atoms with E-state index in [0.717, 1.165) is 12.1 Å². The maximum Gasteiger partial charge on any atom is 0.416 e. The molecule has 0 aromatic heterocycles. The summed E-state index contributed by atoms with van der Waals surface area (Å²) in [5.41, 5.74) is -0.343. The lowest BCUT2D eigenvalue weighted by molar-refractivity contribution is -0.137. The van der Waals surface area contributed by atoms with E-state index < -0.39 is 11.7 Å². The van der Waals surface area contributed by atoms with E-state index in [0.29, 0.717) is 5.46 Å². The minimum atomic E-state index is -4.27. The maximum absolute atomic E-state index is 11.9. The predicted molar refractivity (Wildman–Crippen MR) is 53.9 cm³/mol. The van der Waals surface area contributed by atoms with Crippen molar-refractivity contribution >= 4 is 48.0 Å². The fraction of sp³-hybridized carbons (Fsp3) is 0.143. The van der Waals surface area contributed by atoms with Crippen molar-refractivity contribution < 1.29 is 13.2 Å². The Hall–Kier alpha value is 0.140. The van der Waals surface area contributed by atoms with Crippen LogP contribution in [0.25, 0.3) is 0 Å². The molecular formula is C7H8Al2BF3. The lowest BCUT2D eigenvalue weighted by atomic mass is 9.95. The third kappa shape index (κ3) is 4.79. The van der Waals surface area contributed by atoms with Crippen LogP contribution in [0, 0.1) is 0 Å². The summed E-state index contributed by atoms with van der Waals surface area (Å²) in [5, 5.41) is 0. The number of hydrogen-bond acceptors (Lipinski definition) is 0. The van der Waals surface area contributed by atoms with Gasteiger partial charge in [0.2, 0.25) is 0 Å². The molecule has 0 N–H and O–H groups in total. The van der Waals surface area contributed by atoms with Gasteiger partial charge < -0.3 is 0 Å². The molecular weight excluding hydrogens is 206 g/mol. The van der Waals surface area contributed by atoms with Crippen LogP contribution in [0.1, 0.15) is 5.56 Å². The Morgan fingerprint density at radius 1 is 0.923 bits per heavy atom. The van der Waals surface area contributed by atoms with Crippen molar-refractivity contribution in [2.24, 2.45) is 0 Å². The highest BCUT2D eigenvalue weighted by atomic mass is 27.0. The van der Waals surface area contributed by atoms with E-state index in [-0.39, 0.29) is 34.7 Å². The van der Waals surface area contributed by atoms with E-state index in [1.54, 1.807) is 0 Å². The molecule has 13 heavy (non-hydrogen) atoms. The SMILES string of the molecule is [AlH2].[AlH2].[B]c1ccc(C(F)(F)F)cc1. The summed E-state index contributed by atoms with van der Waals surface area (Å²) in [6.45, 7) is 0. The fourth-order valence-corrected chi connectivity index (χ4v) is 0.672. The van der Waals surface area contributed by atoms with Crippen molar-refractivity contribution in [3.63, 3.8) is 0 Å². The molecule has 0 aliphatic rings. The molecule has 0 unspecified atom stereocenters. The van der Waals surface area contributed by atoms with Crippen molar-refractivity contribution in [1.29, 1.82) is 0 Å². The molecule has 6 heteroatoms. The van der Waals surface area contributed by atoms with Gasteiger partial charge in [-0.2, -0.15) is 13.2 Å². The molecule has 0 atom stereocenters. The van der Waals surface area contributed by atoms with Gasteiger partial charge in [0.05, 0.1) is 5.56 Å². The monoisotopic (exact) mass is 214 g/mol. The molecule has 1 rings (SSSR count). The molecule has 0 saturated carbocycles. The Labute approximate surface area is 97.2 Å². The minimum absolute atomic E-state index is 0. The summed E-state index contributed by atoms with van der Waals surface area (Å²) in [5.74, 6) is 0. The van der Waals surface area contributed by atoms with Gasteiger partial charge in [0.1, 0.15) is 42.6 Å². The van der Waals surface area contributed by atoms with Gasteiger partial charge in [-0.3, -0.25) is 0 Å². The number of benzene rings is 1. The number of halogens is 3. The molecule has 0 saturated heterocycles. The molecule has 4 radical (unpaired) electrons. The van der Waals surface area contributed by atoms with Gasteiger partial charge in [0.25, 0.3) is 0 Å². The Bertz CT molecular complexity index is 245. The number of hydrogen-bond donors (Lipinski definition) is 0. The summed E-state index contributed by atoms with van der Waals surface area (Å²) >= 11 is 0. The fourth-order valence-electron chi connectivity index (χ4n) is 0.672. The summed E-state index contributed by atoms with van der Waals surface area (Å²) < 4.78 is 35.6. The van der Waals surface area contributed by atoms with Crippen molar-refractivity contribution in [2.75, 3.05) is 0 Å². The predicted octanol–water partition coefficient (Wildman–Crippen LogP) is -0.333. The van der Waals surface area contributed by atoms with E-state index in [2.05, 4.69) is 0 Å². The summed E-state index contributed by atoms with van der Waals surface area (Å²) in [7, 11) is 5.20. The molecule has 0 aliphatic carbocycles. The molecule has 0 bridgehead atoms. The second-order valence-corrected chi connectivity index (χ2v) is 2.12. The first kappa shape index (κ1) is 15.6. The van der Waals surface area contributed by atoms with Gasteiger partial charge in [-0.05, 0) is 0 Å². The van der Waals surface area contributed by atoms with Crippen LogP contribution in [0.15, 0.2) is 24.3 Å². The Balaban J connectivity index is 0. The van der Waals surface area contributed by atoms with E-state index >= 15 is 0 Å². The second-order valence-electron chi connectivity index (χ2n) is 2.12. The number of alkyl halides is 3. The summed E-state index contributed by atoms with van der Waals surface area (Å²) in [6, 6.07) is 4.36. The smallest absolute Gasteiger partial charge is 0.166 e. The minimum Gasteiger partial charge on any atom is -0.166 e. The van der Waals surface area contributed by atoms with Gasteiger partial charge in [0, 0.05) is 0 Å². The van der Waals surface area contributed by atoms with E-state index in [4.69, 9.17) is 7.85 Å². The zero-order valence-electron chi connectivity index (χ0n) is 7.52. The van der Waals surface area contributed by atoms with Crippen LogP contribution >= 0.6 is 0 Å². The van der Waals surface area contributed by atoms with Crippen LogP contribution in [-0.4, -0.2) is 42.6 Å². The van der Waals surface area contributed by atoms with Crippen LogP contribution in [0.2, 0.25) is 0 Å². The molecule has 0 amide bonds. The maximum atomic E-state index is 11.9.